The lowest BCUT2D eigenvalue weighted by molar-refractivity contribution is -0.132. The highest BCUT2D eigenvalue weighted by atomic mass is 16.5. The molecule has 3 aromatic rings. The molecule has 2 heterocycles. The van der Waals surface area contributed by atoms with E-state index in [1.807, 2.05) is 48.2 Å². The number of hydrogen-bond donors (Lipinski definition) is 0. The number of amides is 1. The minimum Gasteiger partial charge on any atom is -0.467 e. The van der Waals surface area contributed by atoms with Gasteiger partial charge in [0.15, 0.2) is 6.61 Å². The molecule has 0 unspecified atom stereocenters. The summed E-state index contributed by atoms with van der Waals surface area (Å²) < 4.78 is 6.03. The topological polar surface area (TPSA) is 79.1 Å². The van der Waals surface area contributed by atoms with Crippen LogP contribution in [0.3, 0.4) is 0 Å². The Kier molecular flexibility index (Phi) is 8.10. The zero-order valence-electron chi connectivity index (χ0n) is 20.6. The molecule has 35 heavy (non-hydrogen) atoms. The standard InChI is InChI=1S/C29H32N4O2/c1-3-4-11-27-26(29(32-21(2)31-27)35-20-28(34)33-16-7-8-17-33)18-22-12-14-23(15-13-22)25-10-6-5-9-24(25)19-30/h5-6,9-10,12-15H,3-4,7-8,11,16-18,20H2,1-2H3. The normalized spacial score (nSPS) is 13.0. The Balaban J connectivity index is 1.59. The van der Waals surface area contributed by atoms with Gasteiger partial charge in [0.2, 0.25) is 5.88 Å². The molecular formula is C29H32N4O2. The average Bonchev–Trinajstić information content (AvgIpc) is 3.43. The molecular weight excluding hydrogens is 436 g/mol. The van der Waals surface area contributed by atoms with Gasteiger partial charge in [-0.05, 0) is 55.4 Å². The number of carbonyl (C=O) groups is 1. The molecule has 0 spiro atoms. The second-order valence-corrected chi connectivity index (χ2v) is 9.01. The van der Waals surface area contributed by atoms with Crippen LogP contribution in [-0.4, -0.2) is 40.5 Å². The van der Waals surface area contributed by atoms with E-state index in [0.717, 1.165) is 73.1 Å². The number of rotatable bonds is 9. The Morgan fingerprint density at radius 3 is 2.54 bits per heavy atom. The Morgan fingerprint density at radius 2 is 1.83 bits per heavy atom. The first kappa shape index (κ1) is 24.4. The van der Waals surface area contributed by atoms with E-state index in [4.69, 9.17) is 9.72 Å². The van der Waals surface area contributed by atoms with Crippen LogP contribution in [0.25, 0.3) is 11.1 Å². The van der Waals surface area contributed by atoms with Gasteiger partial charge >= 0.3 is 0 Å². The lowest BCUT2D eigenvalue weighted by Gasteiger charge is -2.18. The van der Waals surface area contributed by atoms with Gasteiger partial charge in [0.25, 0.3) is 5.91 Å². The second-order valence-electron chi connectivity index (χ2n) is 9.01. The number of nitrogens with zero attached hydrogens (tertiary/aromatic N) is 4. The van der Waals surface area contributed by atoms with Gasteiger partial charge in [0, 0.05) is 25.1 Å². The van der Waals surface area contributed by atoms with E-state index >= 15 is 0 Å². The van der Waals surface area contributed by atoms with Gasteiger partial charge in [-0.2, -0.15) is 10.2 Å². The maximum atomic E-state index is 12.6. The van der Waals surface area contributed by atoms with E-state index in [1.54, 1.807) is 0 Å². The van der Waals surface area contributed by atoms with Gasteiger partial charge in [0.1, 0.15) is 5.82 Å². The predicted octanol–water partition coefficient (Wildman–Crippen LogP) is 5.26. The third-order valence-electron chi connectivity index (χ3n) is 6.42. The first-order chi connectivity index (χ1) is 17.1. The molecule has 1 aliphatic heterocycles. The Labute approximate surface area is 207 Å². The van der Waals surface area contributed by atoms with Crippen molar-refractivity contribution in [2.45, 2.75) is 52.4 Å². The van der Waals surface area contributed by atoms with E-state index in [0.29, 0.717) is 23.7 Å². The third kappa shape index (κ3) is 6.05. The Morgan fingerprint density at radius 1 is 1.09 bits per heavy atom. The van der Waals surface area contributed by atoms with E-state index < -0.39 is 0 Å². The van der Waals surface area contributed by atoms with Gasteiger partial charge in [-0.15, -0.1) is 0 Å². The van der Waals surface area contributed by atoms with Gasteiger partial charge in [-0.3, -0.25) is 4.79 Å². The molecule has 1 amide bonds. The molecule has 0 aliphatic carbocycles. The van der Waals surface area contributed by atoms with Crippen molar-refractivity contribution in [2.24, 2.45) is 0 Å². The Bertz CT molecular complexity index is 1210. The summed E-state index contributed by atoms with van der Waals surface area (Å²) in [5, 5.41) is 9.44. The van der Waals surface area contributed by atoms with Crippen molar-refractivity contribution >= 4 is 5.91 Å². The predicted molar refractivity (Wildman–Crippen MR) is 136 cm³/mol. The SMILES string of the molecule is CCCCc1nc(C)nc(OCC(=O)N2CCCC2)c1Cc1ccc(-c2ccccc2C#N)cc1. The van der Waals surface area contributed by atoms with Crippen molar-refractivity contribution in [2.75, 3.05) is 19.7 Å². The van der Waals surface area contributed by atoms with Crippen LogP contribution in [-0.2, 0) is 17.6 Å². The molecule has 6 nitrogen and oxygen atoms in total. The van der Waals surface area contributed by atoms with E-state index in [9.17, 15) is 10.1 Å². The van der Waals surface area contributed by atoms with Crippen molar-refractivity contribution in [3.05, 3.63) is 76.7 Å². The van der Waals surface area contributed by atoms with E-state index in [1.165, 1.54) is 0 Å². The average molecular weight is 469 g/mol. The molecule has 0 radical (unpaired) electrons. The van der Waals surface area contributed by atoms with Crippen molar-refractivity contribution in [1.29, 1.82) is 5.26 Å². The summed E-state index contributed by atoms with van der Waals surface area (Å²) in [6.07, 6.45) is 5.67. The highest BCUT2D eigenvalue weighted by molar-refractivity contribution is 5.78. The monoisotopic (exact) mass is 468 g/mol. The smallest absolute Gasteiger partial charge is 0.260 e. The largest absolute Gasteiger partial charge is 0.467 e. The summed E-state index contributed by atoms with van der Waals surface area (Å²) in [5.74, 6) is 1.18. The zero-order valence-corrected chi connectivity index (χ0v) is 20.6. The van der Waals surface area contributed by atoms with Crippen molar-refractivity contribution < 1.29 is 9.53 Å². The molecule has 1 aromatic heterocycles. The first-order valence-corrected chi connectivity index (χ1v) is 12.4. The minimum atomic E-state index is 0.000548. The van der Waals surface area contributed by atoms with Crippen molar-refractivity contribution in [1.82, 2.24) is 14.9 Å². The molecule has 180 valence electrons. The minimum absolute atomic E-state index is 0.000548. The fourth-order valence-corrected chi connectivity index (χ4v) is 4.50. The number of unbranched alkanes of at least 4 members (excludes halogenated alkanes) is 1. The highest BCUT2D eigenvalue weighted by Crippen LogP contribution is 2.27. The molecule has 0 saturated carbocycles. The fraction of sp³-hybridized carbons (Fsp3) is 0.379. The van der Waals surface area contributed by atoms with E-state index in [2.05, 4.69) is 30.1 Å². The van der Waals surface area contributed by atoms with Crippen LogP contribution >= 0.6 is 0 Å². The van der Waals surface area contributed by atoms with Crippen molar-refractivity contribution in [3.63, 3.8) is 0 Å². The second kappa shape index (κ2) is 11.6. The van der Waals surface area contributed by atoms with E-state index in [-0.39, 0.29) is 12.5 Å². The summed E-state index contributed by atoms with van der Waals surface area (Å²) in [4.78, 5) is 23.8. The quantitative estimate of drug-likeness (QED) is 0.428. The summed E-state index contributed by atoms with van der Waals surface area (Å²) in [6.45, 7) is 5.65. The maximum Gasteiger partial charge on any atom is 0.260 e. The number of aryl methyl sites for hydroxylation is 2. The summed E-state index contributed by atoms with van der Waals surface area (Å²) in [7, 11) is 0. The van der Waals surface area contributed by atoms with Crippen LogP contribution in [0.15, 0.2) is 48.5 Å². The number of nitriles is 1. The molecule has 4 rings (SSSR count). The number of benzene rings is 2. The first-order valence-electron chi connectivity index (χ1n) is 12.4. The number of aromatic nitrogens is 2. The third-order valence-corrected chi connectivity index (χ3v) is 6.42. The summed E-state index contributed by atoms with van der Waals surface area (Å²) >= 11 is 0. The Hall–Kier alpha value is -3.72. The van der Waals surface area contributed by atoms with Gasteiger partial charge < -0.3 is 9.64 Å². The van der Waals surface area contributed by atoms with Crippen LogP contribution in [0.4, 0.5) is 0 Å². The number of likely N-dealkylation sites (tertiary alicyclic amines) is 1. The maximum absolute atomic E-state index is 12.6. The summed E-state index contributed by atoms with van der Waals surface area (Å²) in [5.41, 5.74) is 5.63. The lowest BCUT2D eigenvalue weighted by atomic mass is 9.96. The lowest BCUT2D eigenvalue weighted by Crippen LogP contribution is -2.32. The molecule has 1 saturated heterocycles. The van der Waals surface area contributed by atoms with Crippen LogP contribution in [0.1, 0.15) is 60.8 Å². The molecule has 0 bridgehead atoms. The number of carbonyl (C=O) groups excluding carboxylic acids is 1. The number of ether oxygens (including phenoxy) is 1. The molecule has 1 fully saturated rings. The zero-order chi connectivity index (χ0) is 24.6. The molecule has 0 N–H and O–H groups in total. The highest BCUT2D eigenvalue weighted by Gasteiger charge is 2.21. The van der Waals surface area contributed by atoms with Crippen LogP contribution in [0.5, 0.6) is 5.88 Å². The van der Waals surface area contributed by atoms with Gasteiger partial charge in [-0.1, -0.05) is 55.8 Å². The molecule has 1 aliphatic rings. The summed E-state index contributed by atoms with van der Waals surface area (Å²) in [6, 6.07) is 18.1. The van der Waals surface area contributed by atoms with Crippen molar-refractivity contribution in [3.8, 4) is 23.1 Å². The number of hydrogen-bond acceptors (Lipinski definition) is 5. The molecule has 2 aromatic carbocycles. The molecule has 6 heteroatoms. The van der Waals surface area contributed by atoms with Gasteiger partial charge in [-0.25, -0.2) is 4.98 Å². The molecule has 0 atom stereocenters. The van der Waals surface area contributed by atoms with Crippen LogP contribution in [0, 0.1) is 18.3 Å². The van der Waals surface area contributed by atoms with Crippen LogP contribution in [0.2, 0.25) is 0 Å². The van der Waals surface area contributed by atoms with Gasteiger partial charge in [0.05, 0.1) is 17.3 Å². The fourth-order valence-electron chi connectivity index (χ4n) is 4.50. The van der Waals surface area contributed by atoms with Crippen LogP contribution < -0.4 is 4.74 Å².